The van der Waals surface area contributed by atoms with Crippen LogP contribution in [0.3, 0.4) is 0 Å². The van der Waals surface area contributed by atoms with E-state index in [1.807, 2.05) is 4.90 Å². The summed E-state index contributed by atoms with van der Waals surface area (Å²) in [4.78, 5) is 2.02. The summed E-state index contributed by atoms with van der Waals surface area (Å²) >= 11 is 0. The van der Waals surface area contributed by atoms with E-state index in [9.17, 15) is 17.6 Å². The Bertz CT molecular complexity index is 745. The lowest BCUT2D eigenvalue weighted by atomic mass is 9.76. The predicted molar refractivity (Wildman–Crippen MR) is 95.7 cm³/mol. The zero-order valence-corrected chi connectivity index (χ0v) is 14.9. The van der Waals surface area contributed by atoms with Crippen LogP contribution in [0.1, 0.15) is 30.0 Å². The van der Waals surface area contributed by atoms with Gasteiger partial charge in [0.2, 0.25) is 0 Å². The molecule has 2 aliphatic rings. The average molecular weight is 378 g/mol. The lowest BCUT2D eigenvalue weighted by molar-refractivity contribution is -0.136. The molecule has 2 aromatic rings. The number of benzene rings is 2. The highest BCUT2D eigenvalue weighted by molar-refractivity contribution is 5.33. The van der Waals surface area contributed by atoms with Crippen molar-refractivity contribution in [2.24, 2.45) is 5.41 Å². The van der Waals surface area contributed by atoms with Gasteiger partial charge >= 0.3 is 0 Å². The van der Waals surface area contributed by atoms with Gasteiger partial charge < -0.3 is 5.32 Å². The average Bonchev–Trinajstić information content (AvgIpc) is 3.07. The first-order chi connectivity index (χ1) is 12.9. The Morgan fingerprint density at radius 2 is 1.41 bits per heavy atom. The zero-order chi connectivity index (χ0) is 19.1. The van der Waals surface area contributed by atoms with Gasteiger partial charge in [0, 0.05) is 26.1 Å². The first kappa shape index (κ1) is 18.4. The Hall–Kier alpha value is -1.92. The van der Waals surface area contributed by atoms with Crippen LogP contribution < -0.4 is 5.32 Å². The topological polar surface area (TPSA) is 15.3 Å². The van der Waals surface area contributed by atoms with Crippen LogP contribution in [0, 0.1) is 17.0 Å². The quantitative estimate of drug-likeness (QED) is 0.798. The minimum atomic E-state index is -2.72. The molecule has 1 atom stereocenters. The molecule has 144 valence electrons. The number of halogens is 4. The SMILES string of the molecule is Fc1ccc(C(c2ccc(F)cc2)N2CC[C@]3(CNCCC3(F)F)C2)cc1. The van der Waals surface area contributed by atoms with Gasteiger partial charge in [-0.2, -0.15) is 0 Å². The van der Waals surface area contributed by atoms with Crippen molar-refractivity contribution < 1.29 is 17.6 Å². The van der Waals surface area contributed by atoms with E-state index < -0.39 is 11.3 Å². The largest absolute Gasteiger partial charge is 0.316 e. The summed E-state index contributed by atoms with van der Waals surface area (Å²) in [5, 5.41) is 3.12. The molecule has 0 aliphatic carbocycles. The van der Waals surface area contributed by atoms with Gasteiger partial charge in [-0.1, -0.05) is 24.3 Å². The number of piperidine rings is 1. The first-order valence-corrected chi connectivity index (χ1v) is 9.24. The molecule has 4 rings (SSSR count). The van der Waals surface area contributed by atoms with Gasteiger partial charge in [0.05, 0.1) is 11.5 Å². The summed E-state index contributed by atoms with van der Waals surface area (Å²) in [7, 11) is 0. The monoisotopic (exact) mass is 378 g/mol. The van der Waals surface area contributed by atoms with E-state index >= 15 is 0 Å². The molecule has 0 radical (unpaired) electrons. The minimum Gasteiger partial charge on any atom is -0.316 e. The van der Waals surface area contributed by atoms with E-state index in [0.717, 1.165) is 11.1 Å². The smallest absolute Gasteiger partial charge is 0.257 e. The molecule has 2 aromatic carbocycles. The molecule has 0 aromatic heterocycles. The van der Waals surface area contributed by atoms with E-state index in [4.69, 9.17) is 0 Å². The van der Waals surface area contributed by atoms with Gasteiger partial charge in [0.1, 0.15) is 11.6 Å². The zero-order valence-electron chi connectivity index (χ0n) is 14.9. The van der Waals surface area contributed by atoms with Crippen molar-refractivity contribution in [3.8, 4) is 0 Å². The summed E-state index contributed by atoms with van der Waals surface area (Å²) in [6.07, 6.45) is 0.241. The molecular formula is C21H22F4N2. The van der Waals surface area contributed by atoms with Crippen molar-refractivity contribution >= 4 is 0 Å². The third kappa shape index (κ3) is 3.36. The van der Waals surface area contributed by atoms with E-state index in [-0.39, 0.29) is 37.2 Å². The Balaban J connectivity index is 1.69. The standard InChI is InChI=1S/C21H22F4N2/c22-17-5-1-15(2-6-17)19(16-3-7-18(23)8-4-16)27-12-10-20(14-27)13-26-11-9-21(20,24)25/h1-8,19,26H,9-14H2/t20-/m0/s1. The highest BCUT2D eigenvalue weighted by Crippen LogP contribution is 2.49. The third-order valence-corrected chi connectivity index (χ3v) is 5.97. The fourth-order valence-electron chi connectivity index (χ4n) is 4.44. The molecule has 1 spiro atoms. The number of alkyl halides is 2. The van der Waals surface area contributed by atoms with Crippen molar-refractivity contribution in [3.05, 3.63) is 71.3 Å². The van der Waals surface area contributed by atoms with Gasteiger partial charge in [-0.25, -0.2) is 17.6 Å². The van der Waals surface area contributed by atoms with Crippen LogP contribution in [-0.4, -0.2) is 37.0 Å². The molecule has 27 heavy (non-hydrogen) atoms. The lowest BCUT2D eigenvalue weighted by Crippen LogP contribution is -2.55. The highest BCUT2D eigenvalue weighted by atomic mass is 19.3. The maximum atomic E-state index is 14.7. The lowest BCUT2D eigenvalue weighted by Gasteiger charge is -2.42. The van der Waals surface area contributed by atoms with Crippen molar-refractivity contribution in [2.75, 3.05) is 26.2 Å². The molecule has 2 saturated heterocycles. The number of hydrogen-bond donors (Lipinski definition) is 1. The molecule has 6 heteroatoms. The molecule has 1 N–H and O–H groups in total. The predicted octanol–water partition coefficient (Wildman–Crippen LogP) is 4.37. The van der Waals surface area contributed by atoms with E-state index in [2.05, 4.69) is 5.32 Å². The first-order valence-electron chi connectivity index (χ1n) is 9.24. The van der Waals surface area contributed by atoms with Crippen molar-refractivity contribution in [3.63, 3.8) is 0 Å². The second-order valence-electron chi connectivity index (χ2n) is 7.64. The number of likely N-dealkylation sites (tertiary alicyclic amines) is 1. The Morgan fingerprint density at radius 3 is 1.93 bits per heavy atom. The minimum absolute atomic E-state index is 0.154. The molecule has 2 fully saturated rings. The fraction of sp³-hybridized carbons (Fsp3) is 0.429. The maximum absolute atomic E-state index is 14.7. The molecular weight excluding hydrogens is 356 g/mol. The van der Waals surface area contributed by atoms with Crippen molar-refractivity contribution in [1.29, 1.82) is 0 Å². The molecule has 2 nitrogen and oxygen atoms in total. The van der Waals surface area contributed by atoms with Crippen LogP contribution in [0.5, 0.6) is 0 Å². The van der Waals surface area contributed by atoms with E-state index in [1.165, 1.54) is 24.3 Å². The second kappa shape index (κ2) is 6.91. The summed E-state index contributed by atoms with van der Waals surface area (Å²) < 4.78 is 56.3. The Labute approximate surface area is 156 Å². The third-order valence-electron chi connectivity index (χ3n) is 5.97. The molecule has 0 bridgehead atoms. The van der Waals surface area contributed by atoms with Gasteiger partial charge in [-0.15, -0.1) is 0 Å². The van der Waals surface area contributed by atoms with Crippen molar-refractivity contribution in [1.82, 2.24) is 10.2 Å². The number of nitrogens with zero attached hydrogens (tertiary/aromatic N) is 1. The normalized spacial score (nSPS) is 25.4. The summed E-state index contributed by atoms with van der Waals surface area (Å²) in [6, 6.07) is 11.9. The molecule has 2 aliphatic heterocycles. The van der Waals surface area contributed by atoms with Crippen LogP contribution in [0.2, 0.25) is 0 Å². The van der Waals surface area contributed by atoms with Gasteiger partial charge in [-0.3, -0.25) is 4.90 Å². The molecule has 0 amide bonds. The molecule has 0 saturated carbocycles. The van der Waals surface area contributed by atoms with Crippen LogP contribution in [0.25, 0.3) is 0 Å². The Morgan fingerprint density at radius 1 is 0.852 bits per heavy atom. The van der Waals surface area contributed by atoms with Crippen LogP contribution in [-0.2, 0) is 0 Å². The Kier molecular flexibility index (Phi) is 4.72. The van der Waals surface area contributed by atoms with Gasteiger partial charge in [-0.05, 0) is 48.4 Å². The summed E-state index contributed by atoms with van der Waals surface area (Å²) in [5.74, 6) is -3.42. The number of hydrogen-bond acceptors (Lipinski definition) is 2. The number of rotatable bonds is 3. The summed E-state index contributed by atoms with van der Waals surface area (Å²) in [5.41, 5.74) is 0.531. The van der Waals surface area contributed by atoms with E-state index in [1.54, 1.807) is 24.3 Å². The fourth-order valence-corrected chi connectivity index (χ4v) is 4.44. The molecule has 2 heterocycles. The van der Waals surface area contributed by atoms with Crippen LogP contribution >= 0.6 is 0 Å². The van der Waals surface area contributed by atoms with Crippen LogP contribution in [0.15, 0.2) is 48.5 Å². The van der Waals surface area contributed by atoms with E-state index in [0.29, 0.717) is 19.5 Å². The summed E-state index contributed by atoms with van der Waals surface area (Å²) in [6.45, 7) is 1.37. The second-order valence-corrected chi connectivity index (χ2v) is 7.64. The number of nitrogens with one attached hydrogen (secondary N) is 1. The van der Waals surface area contributed by atoms with Gasteiger partial charge in [0.25, 0.3) is 5.92 Å². The highest BCUT2D eigenvalue weighted by Gasteiger charge is 2.58. The maximum Gasteiger partial charge on any atom is 0.257 e. The van der Waals surface area contributed by atoms with Crippen LogP contribution in [0.4, 0.5) is 17.6 Å². The van der Waals surface area contributed by atoms with Gasteiger partial charge in [0.15, 0.2) is 0 Å². The van der Waals surface area contributed by atoms with Crippen molar-refractivity contribution in [2.45, 2.75) is 24.8 Å². The molecule has 0 unspecified atom stereocenters.